The molecule has 3 nitrogen and oxygen atoms in total. The smallest absolute Gasteiger partial charge is 0.169 e. The van der Waals surface area contributed by atoms with E-state index < -0.39 is 0 Å². The monoisotopic (exact) mass is 272 g/mol. The van der Waals surface area contributed by atoms with Crippen LogP contribution >= 0.6 is 15.9 Å². The molecule has 0 unspecified atom stereocenters. The zero-order valence-corrected chi connectivity index (χ0v) is 11.0. The van der Waals surface area contributed by atoms with E-state index >= 15 is 0 Å². The van der Waals surface area contributed by atoms with Crippen molar-refractivity contribution in [3.8, 4) is 0 Å². The Hall–Kier alpha value is -0.640. The number of carbonyl (C=O) groups is 1. The summed E-state index contributed by atoms with van der Waals surface area (Å²) < 4.78 is 2.73. The van der Waals surface area contributed by atoms with Crippen molar-refractivity contribution in [2.45, 2.75) is 46.1 Å². The second kappa shape index (κ2) is 5.45. The van der Waals surface area contributed by atoms with Gasteiger partial charge < -0.3 is 4.57 Å². The molecule has 0 amide bonds. The summed E-state index contributed by atoms with van der Waals surface area (Å²) in [5.41, 5.74) is 0.667. The van der Waals surface area contributed by atoms with E-state index in [0.717, 1.165) is 31.4 Å². The minimum atomic E-state index is 0.374. The van der Waals surface area contributed by atoms with Crippen LogP contribution in [0.5, 0.6) is 0 Å². The Morgan fingerprint density at radius 2 is 2.00 bits per heavy atom. The van der Waals surface area contributed by atoms with E-state index in [4.69, 9.17) is 0 Å². The molecular formula is C11H17BrN2O. The number of nitrogens with zero attached hydrogens (tertiary/aromatic N) is 2. The first kappa shape index (κ1) is 12.4. The maximum atomic E-state index is 11.0. The fraction of sp³-hybridized carbons (Fsp3) is 0.636. The van der Waals surface area contributed by atoms with Gasteiger partial charge >= 0.3 is 0 Å². The van der Waals surface area contributed by atoms with Crippen molar-refractivity contribution in [3.05, 3.63) is 16.1 Å². The van der Waals surface area contributed by atoms with Crippen LogP contribution in [0, 0.1) is 0 Å². The Bertz CT molecular complexity index is 343. The van der Waals surface area contributed by atoms with Gasteiger partial charge in [0.25, 0.3) is 0 Å². The van der Waals surface area contributed by atoms with Gasteiger partial charge in [0.1, 0.15) is 16.1 Å². The van der Waals surface area contributed by atoms with Gasteiger partial charge in [-0.2, -0.15) is 0 Å². The van der Waals surface area contributed by atoms with Crippen molar-refractivity contribution in [1.29, 1.82) is 0 Å². The maximum Gasteiger partial charge on any atom is 0.169 e. The van der Waals surface area contributed by atoms with Crippen molar-refractivity contribution in [2.24, 2.45) is 0 Å². The molecule has 4 heteroatoms. The molecule has 0 bridgehead atoms. The number of imidazole rings is 1. The summed E-state index contributed by atoms with van der Waals surface area (Å²) in [4.78, 5) is 15.4. The first-order chi connectivity index (χ1) is 7.19. The zero-order chi connectivity index (χ0) is 11.4. The largest absolute Gasteiger partial charge is 0.322 e. The van der Waals surface area contributed by atoms with Gasteiger partial charge in [0.05, 0.1) is 0 Å². The summed E-state index contributed by atoms with van der Waals surface area (Å²) in [7, 11) is 0. The molecule has 0 aliphatic rings. The Balaban J connectivity index is 3.27. The summed E-state index contributed by atoms with van der Waals surface area (Å²) in [5, 5.41) is 0. The van der Waals surface area contributed by atoms with Crippen molar-refractivity contribution >= 4 is 22.2 Å². The molecule has 0 aromatic carbocycles. The van der Waals surface area contributed by atoms with Crippen LogP contribution in [0.2, 0.25) is 0 Å². The second-order valence-electron chi connectivity index (χ2n) is 3.52. The highest BCUT2D eigenvalue weighted by Crippen LogP contribution is 2.25. The molecule has 1 rings (SSSR count). The van der Waals surface area contributed by atoms with Gasteiger partial charge in [-0.15, -0.1) is 0 Å². The molecule has 0 N–H and O–H groups in total. The van der Waals surface area contributed by atoms with Crippen molar-refractivity contribution in [1.82, 2.24) is 9.55 Å². The Morgan fingerprint density at radius 1 is 1.40 bits per heavy atom. The average Bonchev–Trinajstić information content (AvgIpc) is 2.57. The third-order valence-electron chi connectivity index (χ3n) is 2.71. The van der Waals surface area contributed by atoms with E-state index in [0.29, 0.717) is 16.3 Å². The Morgan fingerprint density at radius 3 is 2.40 bits per heavy atom. The Labute approximate surface area is 99.0 Å². The average molecular weight is 273 g/mol. The van der Waals surface area contributed by atoms with E-state index in [1.807, 2.05) is 0 Å². The molecule has 0 saturated carbocycles. The minimum absolute atomic E-state index is 0.374. The van der Waals surface area contributed by atoms with Crippen LogP contribution in [0.3, 0.4) is 0 Å². The van der Waals surface area contributed by atoms with Crippen LogP contribution in [-0.2, 0) is 6.42 Å². The number of rotatable bonds is 5. The number of aromatic nitrogens is 2. The lowest BCUT2D eigenvalue weighted by Crippen LogP contribution is -2.13. The molecule has 0 aliphatic carbocycles. The highest BCUT2D eigenvalue weighted by molar-refractivity contribution is 9.10. The fourth-order valence-electron chi connectivity index (χ4n) is 1.88. The predicted octanol–water partition coefficient (Wildman–Crippen LogP) is 3.38. The summed E-state index contributed by atoms with van der Waals surface area (Å²) in [6, 6.07) is 0.374. The SMILES string of the molecule is CCc1nc(Br)c(C=O)n1C(CC)CC. The lowest BCUT2D eigenvalue weighted by atomic mass is 10.1. The molecule has 0 atom stereocenters. The van der Waals surface area contributed by atoms with Gasteiger partial charge in [0, 0.05) is 12.5 Å². The first-order valence-corrected chi connectivity index (χ1v) is 6.20. The van der Waals surface area contributed by atoms with E-state index in [-0.39, 0.29) is 0 Å². The molecular weight excluding hydrogens is 256 g/mol. The van der Waals surface area contributed by atoms with Gasteiger partial charge in [0.2, 0.25) is 0 Å². The summed E-state index contributed by atoms with van der Waals surface area (Å²) in [6.07, 6.45) is 3.78. The lowest BCUT2D eigenvalue weighted by Gasteiger charge is -2.18. The molecule has 1 aromatic heterocycles. The fourth-order valence-corrected chi connectivity index (χ4v) is 2.37. The molecule has 0 aliphatic heterocycles. The first-order valence-electron chi connectivity index (χ1n) is 5.41. The third kappa shape index (κ3) is 2.30. The molecule has 0 saturated heterocycles. The highest BCUT2D eigenvalue weighted by Gasteiger charge is 2.18. The van der Waals surface area contributed by atoms with Crippen molar-refractivity contribution < 1.29 is 4.79 Å². The van der Waals surface area contributed by atoms with Crippen molar-refractivity contribution in [3.63, 3.8) is 0 Å². The molecule has 15 heavy (non-hydrogen) atoms. The van der Waals surface area contributed by atoms with Crippen LogP contribution < -0.4 is 0 Å². The van der Waals surface area contributed by atoms with Gasteiger partial charge in [-0.1, -0.05) is 20.8 Å². The second-order valence-corrected chi connectivity index (χ2v) is 4.27. The maximum absolute atomic E-state index is 11.0. The zero-order valence-electron chi connectivity index (χ0n) is 9.46. The predicted molar refractivity (Wildman–Crippen MR) is 64.3 cm³/mol. The van der Waals surface area contributed by atoms with Crippen LogP contribution in [0.4, 0.5) is 0 Å². The van der Waals surface area contributed by atoms with Gasteiger partial charge in [-0.25, -0.2) is 4.98 Å². The number of hydrogen-bond donors (Lipinski definition) is 0. The van der Waals surface area contributed by atoms with Crippen LogP contribution in [0.1, 0.15) is 56.0 Å². The Kier molecular flexibility index (Phi) is 4.51. The van der Waals surface area contributed by atoms with Crippen LogP contribution in [0.15, 0.2) is 4.60 Å². The summed E-state index contributed by atoms with van der Waals surface area (Å²) >= 11 is 3.33. The van der Waals surface area contributed by atoms with Crippen LogP contribution in [0.25, 0.3) is 0 Å². The normalized spacial score (nSPS) is 11.0. The molecule has 0 radical (unpaired) electrons. The number of aldehydes is 1. The summed E-state index contributed by atoms with van der Waals surface area (Å²) in [5.74, 6) is 0.984. The number of carbonyl (C=O) groups excluding carboxylic acids is 1. The molecule has 0 spiro atoms. The number of halogens is 1. The number of aryl methyl sites for hydroxylation is 1. The van der Waals surface area contributed by atoms with E-state index in [2.05, 4.69) is 46.3 Å². The van der Waals surface area contributed by atoms with Crippen LogP contribution in [-0.4, -0.2) is 15.8 Å². The summed E-state index contributed by atoms with van der Waals surface area (Å²) in [6.45, 7) is 6.33. The number of hydrogen-bond acceptors (Lipinski definition) is 2. The standard InChI is InChI=1S/C11H17BrN2O/c1-4-8(5-2)14-9(7-15)11(12)13-10(14)6-3/h7-8H,4-6H2,1-3H3. The quantitative estimate of drug-likeness (QED) is 0.771. The molecule has 0 fully saturated rings. The van der Waals surface area contributed by atoms with Crippen molar-refractivity contribution in [2.75, 3.05) is 0 Å². The molecule has 1 heterocycles. The van der Waals surface area contributed by atoms with E-state index in [1.54, 1.807) is 0 Å². The third-order valence-corrected chi connectivity index (χ3v) is 3.30. The lowest BCUT2D eigenvalue weighted by molar-refractivity contribution is 0.111. The minimum Gasteiger partial charge on any atom is -0.322 e. The van der Waals surface area contributed by atoms with Gasteiger partial charge in [-0.3, -0.25) is 4.79 Å². The molecule has 1 aromatic rings. The van der Waals surface area contributed by atoms with Gasteiger partial charge in [-0.05, 0) is 28.8 Å². The van der Waals surface area contributed by atoms with E-state index in [1.165, 1.54) is 0 Å². The van der Waals surface area contributed by atoms with E-state index in [9.17, 15) is 4.79 Å². The van der Waals surface area contributed by atoms with Gasteiger partial charge in [0.15, 0.2) is 6.29 Å². The molecule has 84 valence electrons. The topological polar surface area (TPSA) is 34.9 Å². The highest BCUT2D eigenvalue weighted by atomic mass is 79.9.